The van der Waals surface area contributed by atoms with Crippen LogP contribution in [-0.4, -0.2) is 26.6 Å². The second kappa shape index (κ2) is 8.01. The summed E-state index contributed by atoms with van der Waals surface area (Å²) in [4.78, 5) is 23.1. The molecule has 0 aliphatic carbocycles. The summed E-state index contributed by atoms with van der Waals surface area (Å²) in [6, 6.07) is 16.0. The lowest BCUT2D eigenvalue weighted by molar-refractivity contribution is -0.136. The van der Waals surface area contributed by atoms with Gasteiger partial charge in [-0.1, -0.05) is 54.1 Å². The fourth-order valence-corrected chi connectivity index (χ4v) is 2.99. The van der Waals surface area contributed by atoms with Crippen molar-refractivity contribution < 1.29 is 14.7 Å². The van der Waals surface area contributed by atoms with E-state index in [1.165, 1.54) is 6.08 Å². The number of hydrogen-bond acceptors (Lipinski definition) is 3. The van der Waals surface area contributed by atoms with E-state index in [1.807, 2.05) is 37.3 Å². The van der Waals surface area contributed by atoms with Gasteiger partial charge in [-0.15, -0.1) is 0 Å². The van der Waals surface area contributed by atoms with Crippen LogP contribution in [0.5, 0.6) is 0 Å². The van der Waals surface area contributed by atoms with E-state index >= 15 is 0 Å². The molecule has 0 saturated heterocycles. The van der Waals surface area contributed by atoms with Crippen LogP contribution in [0.3, 0.4) is 0 Å². The summed E-state index contributed by atoms with van der Waals surface area (Å²) in [7, 11) is 0. The number of rotatable bonds is 6. The van der Waals surface area contributed by atoms with Gasteiger partial charge < -0.3 is 5.11 Å². The molecule has 0 unspecified atom stereocenters. The van der Waals surface area contributed by atoms with Gasteiger partial charge in [0.2, 0.25) is 0 Å². The van der Waals surface area contributed by atoms with Crippen molar-refractivity contribution in [2.75, 3.05) is 0 Å². The third-order valence-corrected chi connectivity index (χ3v) is 4.41. The Bertz CT molecular complexity index is 1010. The lowest BCUT2D eigenvalue weighted by atomic mass is 10.1. The van der Waals surface area contributed by atoms with E-state index in [1.54, 1.807) is 35.0 Å². The quantitative estimate of drug-likeness (QED) is 0.509. The van der Waals surface area contributed by atoms with Crippen molar-refractivity contribution in [2.24, 2.45) is 0 Å². The zero-order valence-electron chi connectivity index (χ0n) is 14.6. The second-order valence-electron chi connectivity index (χ2n) is 6.00. The molecule has 0 radical (unpaired) electrons. The first kappa shape index (κ1) is 18.6. The molecule has 136 valence electrons. The molecule has 1 N–H and O–H groups in total. The maximum absolute atomic E-state index is 12.4. The van der Waals surface area contributed by atoms with Crippen LogP contribution in [0, 0.1) is 6.92 Å². The van der Waals surface area contributed by atoms with Gasteiger partial charge in [0.15, 0.2) is 5.78 Å². The number of hydrogen-bond donors (Lipinski definition) is 1. The summed E-state index contributed by atoms with van der Waals surface area (Å²) in [5.74, 6) is -1.10. The molecule has 0 aliphatic heterocycles. The normalized spacial score (nSPS) is 11.0. The second-order valence-corrected chi connectivity index (χ2v) is 6.36. The van der Waals surface area contributed by atoms with Gasteiger partial charge in [-0.2, -0.15) is 5.10 Å². The number of halogens is 1. The van der Waals surface area contributed by atoms with Crippen LogP contribution < -0.4 is 0 Å². The van der Waals surface area contributed by atoms with E-state index < -0.39 is 5.97 Å². The number of nitrogens with zero attached hydrogens (tertiary/aromatic N) is 2. The Balaban J connectivity index is 1.81. The Morgan fingerprint density at radius 2 is 1.78 bits per heavy atom. The minimum absolute atomic E-state index is 0.0716. The summed E-state index contributed by atoms with van der Waals surface area (Å²) in [5, 5.41) is 13.7. The highest BCUT2D eigenvalue weighted by atomic mass is 35.5. The molecule has 0 spiro atoms. The van der Waals surface area contributed by atoms with E-state index in [4.69, 9.17) is 16.7 Å². The fraction of sp³-hybridized carbons (Fsp3) is 0.0952. The summed E-state index contributed by atoms with van der Waals surface area (Å²) >= 11 is 6.45. The van der Waals surface area contributed by atoms with Gasteiger partial charge in [-0.05, 0) is 36.8 Å². The first-order valence-electron chi connectivity index (χ1n) is 8.29. The SMILES string of the molecule is Cc1nn(-c2ccccc2)c(Cl)c1C=CC(=O)c1ccc(CC(=O)O)cc1. The molecule has 2 aromatic carbocycles. The van der Waals surface area contributed by atoms with E-state index in [-0.39, 0.29) is 12.2 Å². The van der Waals surface area contributed by atoms with Gasteiger partial charge in [-0.25, -0.2) is 4.68 Å². The molecule has 1 heterocycles. The van der Waals surface area contributed by atoms with Crippen LogP contribution in [0.15, 0.2) is 60.7 Å². The molecule has 5 nitrogen and oxygen atoms in total. The molecule has 0 saturated carbocycles. The van der Waals surface area contributed by atoms with Gasteiger partial charge in [0.05, 0.1) is 17.8 Å². The Kier molecular flexibility index (Phi) is 5.52. The Labute approximate surface area is 161 Å². The summed E-state index contributed by atoms with van der Waals surface area (Å²) < 4.78 is 1.63. The number of aromatic nitrogens is 2. The summed E-state index contributed by atoms with van der Waals surface area (Å²) in [5.41, 5.74) is 3.35. The summed E-state index contributed by atoms with van der Waals surface area (Å²) in [6.07, 6.45) is 3.02. The van der Waals surface area contributed by atoms with Crippen LogP contribution in [0.1, 0.15) is 27.2 Å². The number of carbonyl (C=O) groups is 2. The largest absolute Gasteiger partial charge is 0.481 e. The lowest BCUT2D eigenvalue weighted by Gasteiger charge is -2.02. The maximum atomic E-state index is 12.4. The third-order valence-electron chi connectivity index (χ3n) is 4.04. The zero-order chi connectivity index (χ0) is 19.4. The van der Waals surface area contributed by atoms with Crippen molar-refractivity contribution >= 4 is 29.4 Å². The zero-order valence-corrected chi connectivity index (χ0v) is 15.3. The average Bonchev–Trinajstić information content (AvgIpc) is 2.94. The highest BCUT2D eigenvalue weighted by Crippen LogP contribution is 2.24. The van der Waals surface area contributed by atoms with Crippen LogP contribution in [-0.2, 0) is 11.2 Å². The number of benzene rings is 2. The molecule has 0 atom stereocenters. The number of carboxylic acids is 1. The monoisotopic (exact) mass is 380 g/mol. The topological polar surface area (TPSA) is 72.2 Å². The lowest BCUT2D eigenvalue weighted by Crippen LogP contribution is -2.01. The predicted octanol–water partition coefficient (Wildman–Crippen LogP) is 4.36. The van der Waals surface area contributed by atoms with Gasteiger partial charge in [0.1, 0.15) is 5.15 Å². The van der Waals surface area contributed by atoms with Crippen LogP contribution in [0.2, 0.25) is 5.15 Å². The highest BCUT2D eigenvalue weighted by molar-refractivity contribution is 6.31. The van der Waals surface area contributed by atoms with Gasteiger partial charge in [-0.3, -0.25) is 9.59 Å². The van der Waals surface area contributed by atoms with Gasteiger partial charge in [0.25, 0.3) is 0 Å². The molecule has 3 aromatic rings. The van der Waals surface area contributed by atoms with Crippen LogP contribution in [0.4, 0.5) is 0 Å². The average molecular weight is 381 g/mol. The van der Waals surface area contributed by atoms with Crippen molar-refractivity contribution in [1.82, 2.24) is 9.78 Å². The smallest absolute Gasteiger partial charge is 0.307 e. The van der Waals surface area contributed by atoms with E-state index in [0.717, 1.165) is 5.69 Å². The predicted molar refractivity (Wildman–Crippen MR) is 104 cm³/mol. The maximum Gasteiger partial charge on any atom is 0.307 e. The number of allylic oxidation sites excluding steroid dienone is 1. The molecule has 0 aliphatic rings. The van der Waals surface area contributed by atoms with Gasteiger partial charge >= 0.3 is 5.97 Å². The molecule has 3 rings (SSSR count). The molecule has 6 heteroatoms. The Morgan fingerprint density at radius 1 is 1.11 bits per heavy atom. The molecular weight excluding hydrogens is 364 g/mol. The molecule has 1 aromatic heterocycles. The Hall–Kier alpha value is -3.18. The molecule has 27 heavy (non-hydrogen) atoms. The number of para-hydroxylation sites is 1. The van der Waals surface area contributed by atoms with E-state index in [2.05, 4.69) is 5.10 Å². The van der Waals surface area contributed by atoms with Gasteiger partial charge in [0, 0.05) is 11.1 Å². The first-order chi connectivity index (χ1) is 13.0. The molecule has 0 fully saturated rings. The van der Waals surface area contributed by atoms with Crippen molar-refractivity contribution in [2.45, 2.75) is 13.3 Å². The van der Waals surface area contributed by atoms with Crippen molar-refractivity contribution in [3.05, 3.63) is 88.2 Å². The first-order valence-corrected chi connectivity index (χ1v) is 8.67. The number of carbonyl (C=O) groups excluding carboxylic acids is 1. The molecule has 0 amide bonds. The highest BCUT2D eigenvalue weighted by Gasteiger charge is 2.13. The third kappa shape index (κ3) is 4.33. The summed E-state index contributed by atoms with van der Waals surface area (Å²) in [6.45, 7) is 1.83. The number of aliphatic carboxylic acids is 1. The number of carboxylic acid groups (broad SMARTS) is 1. The number of ketones is 1. The number of aryl methyl sites for hydroxylation is 1. The minimum atomic E-state index is -0.908. The van der Waals surface area contributed by atoms with E-state index in [0.29, 0.717) is 27.5 Å². The minimum Gasteiger partial charge on any atom is -0.481 e. The van der Waals surface area contributed by atoms with Crippen molar-refractivity contribution in [3.8, 4) is 5.69 Å². The Morgan fingerprint density at radius 3 is 2.41 bits per heavy atom. The molecule has 0 bridgehead atoms. The standard InChI is InChI=1S/C21H17ClN2O3/c1-14-18(21(22)24(23-14)17-5-3-2-4-6-17)11-12-19(25)16-9-7-15(8-10-16)13-20(26)27/h2-12H,13H2,1H3,(H,26,27). The fourth-order valence-electron chi connectivity index (χ4n) is 2.66. The van der Waals surface area contributed by atoms with Crippen LogP contribution >= 0.6 is 11.6 Å². The van der Waals surface area contributed by atoms with Crippen molar-refractivity contribution in [3.63, 3.8) is 0 Å². The molecular formula is C21H17ClN2O3. The van der Waals surface area contributed by atoms with Crippen molar-refractivity contribution in [1.29, 1.82) is 0 Å². The van der Waals surface area contributed by atoms with Crippen LogP contribution in [0.25, 0.3) is 11.8 Å². The van der Waals surface area contributed by atoms with E-state index in [9.17, 15) is 9.59 Å².